The summed E-state index contributed by atoms with van der Waals surface area (Å²) < 4.78 is 12.6. The molecule has 2 fully saturated rings. The molecule has 9 nitrogen and oxygen atoms in total. The monoisotopic (exact) mass is 664 g/mol. The van der Waals surface area contributed by atoms with Gasteiger partial charge in [-0.2, -0.15) is 5.26 Å². The number of halogens is 1. The first kappa shape index (κ1) is 33.0. The maximum Gasteiger partial charge on any atom is 0.320 e. The van der Waals surface area contributed by atoms with E-state index in [0.717, 1.165) is 70.4 Å². The van der Waals surface area contributed by atoms with Gasteiger partial charge < -0.3 is 19.5 Å². The number of aliphatic carboxylic acids is 1. The minimum atomic E-state index is -0.838. The molecule has 1 amide bonds. The Balaban J connectivity index is 1.26. The highest BCUT2D eigenvalue weighted by Gasteiger charge is 2.30. The first-order chi connectivity index (χ1) is 23.2. The number of rotatable bonds is 11. The zero-order chi connectivity index (χ0) is 33.8. The maximum absolute atomic E-state index is 12.9. The van der Waals surface area contributed by atoms with Gasteiger partial charge in [0.1, 0.15) is 36.8 Å². The van der Waals surface area contributed by atoms with Crippen molar-refractivity contribution in [3.05, 3.63) is 111 Å². The van der Waals surface area contributed by atoms with Gasteiger partial charge in [-0.1, -0.05) is 48.4 Å². The van der Waals surface area contributed by atoms with Crippen LogP contribution < -0.4 is 9.47 Å². The number of carbonyl (C=O) groups is 2. The van der Waals surface area contributed by atoms with Crippen molar-refractivity contribution in [1.29, 1.82) is 5.26 Å². The molecule has 10 heteroatoms. The van der Waals surface area contributed by atoms with Gasteiger partial charge in [0.25, 0.3) is 5.91 Å². The molecule has 0 unspecified atom stereocenters. The summed E-state index contributed by atoms with van der Waals surface area (Å²) in [6.45, 7) is 7.05. The number of ether oxygens (including phenoxy) is 2. The molecular weight excluding hydrogens is 628 g/mol. The fraction of sp³-hybridized carbons (Fsp3) is 0.316. The summed E-state index contributed by atoms with van der Waals surface area (Å²) in [5.74, 6) is 0.171. The number of carbonyl (C=O) groups excluding carboxylic acids is 1. The minimum Gasteiger partial charge on any atom is -0.488 e. The molecule has 4 aromatic rings. The Labute approximate surface area is 285 Å². The van der Waals surface area contributed by atoms with Crippen LogP contribution in [0.1, 0.15) is 63.0 Å². The van der Waals surface area contributed by atoms with Crippen molar-refractivity contribution in [2.45, 2.75) is 58.9 Å². The number of carboxylic acid groups (broad SMARTS) is 1. The number of aromatic nitrogens is 1. The standard InChI is InChI=1S/C38H37ClN4O5/c1-24-28(7-5-8-30(24)31-9-6-10-32(25(31)2)37(44)42-13-14-42)23-48-36-17-35(47-22-27-15-26(18-40)19-41-20-27)29(16-33(36)39)21-43-12-4-3-11-34(43)38(45)46/h5-10,15-17,19-20,34H,3-4,11-14,21-23H2,1-2H3,(H,45,46)/t34-/m0/s1. The highest BCUT2D eigenvalue weighted by molar-refractivity contribution is 6.32. The lowest BCUT2D eigenvalue weighted by atomic mass is 9.91. The highest BCUT2D eigenvalue weighted by atomic mass is 35.5. The van der Waals surface area contributed by atoms with Crippen LogP contribution in [-0.4, -0.2) is 57.4 Å². The predicted molar refractivity (Wildman–Crippen MR) is 182 cm³/mol. The third-order valence-electron chi connectivity index (χ3n) is 9.12. The van der Waals surface area contributed by atoms with Crippen LogP contribution >= 0.6 is 11.6 Å². The quantitative estimate of drug-likeness (QED) is 0.171. The number of amides is 1. The molecule has 3 heterocycles. The second-order valence-corrected chi connectivity index (χ2v) is 12.7. The van der Waals surface area contributed by atoms with Crippen LogP contribution in [0.2, 0.25) is 5.02 Å². The van der Waals surface area contributed by atoms with Crippen molar-refractivity contribution in [3.63, 3.8) is 0 Å². The van der Waals surface area contributed by atoms with Gasteiger partial charge in [-0.3, -0.25) is 19.5 Å². The number of benzene rings is 3. The van der Waals surface area contributed by atoms with Crippen molar-refractivity contribution < 1.29 is 24.2 Å². The number of pyridine rings is 1. The first-order valence-electron chi connectivity index (χ1n) is 16.1. The number of nitrogens with zero attached hydrogens (tertiary/aromatic N) is 4. The number of nitriles is 1. The van der Waals surface area contributed by atoms with Crippen LogP contribution in [0.5, 0.6) is 11.5 Å². The molecule has 3 aromatic carbocycles. The molecule has 2 aliphatic rings. The molecule has 2 aliphatic heterocycles. The lowest BCUT2D eigenvalue weighted by Crippen LogP contribution is -2.44. The largest absolute Gasteiger partial charge is 0.488 e. The van der Waals surface area contributed by atoms with E-state index in [4.69, 9.17) is 21.1 Å². The van der Waals surface area contributed by atoms with Crippen LogP contribution in [0.15, 0.2) is 67.0 Å². The summed E-state index contributed by atoms with van der Waals surface area (Å²) in [6, 6.07) is 18.7. The van der Waals surface area contributed by atoms with E-state index in [1.54, 1.807) is 24.4 Å². The van der Waals surface area contributed by atoms with Gasteiger partial charge in [0.05, 0.1) is 10.6 Å². The lowest BCUT2D eigenvalue weighted by molar-refractivity contribution is -0.144. The van der Waals surface area contributed by atoms with Crippen molar-refractivity contribution in [3.8, 4) is 28.7 Å². The topological polar surface area (TPSA) is 116 Å². The molecule has 0 spiro atoms. The highest BCUT2D eigenvalue weighted by Crippen LogP contribution is 2.37. The van der Waals surface area contributed by atoms with E-state index in [1.165, 1.54) is 6.20 Å². The van der Waals surface area contributed by atoms with E-state index in [-0.39, 0.29) is 19.1 Å². The van der Waals surface area contributed by atoms with Crippen LogP contribution in [0.25, 0.3) is 11.1 Å². The van der Waals surface area contributed by atoms with Crippen LogP contribution in [-0.2, 0) is 24.6 Å². The summed E-state index contributed by atoms with van der Waals surface area (Å²) in [7, 11) is 0. The van der Waals surface area contributed by atoms with Crippen molar-refractivity contribution in [2.24, 2.45) is 0 Å². The third kappa shape index (κ3) is 7.30. The molecule has 6 rings (SSSR count). The fourth-order valence-corrected chi connectivity index (χ4v) is 6.52. The van der Waals surface area contributed by atoms with Gasteiger partial charge in [-0.05, 0) is 79.3 Å². The van der Waals surface area contributed by atoms with E-state index in [2.05, 4.69) is 17.1 Å². The summed E-state index contributed by atoms with van der Waals surface area (Å²) in [5, 5.41) is 19.5. The third-order valence-corrected chi connectivity index (χ3v) is 9.42. The Morgan fingerprint density at radius 1 is 0.938 bits per heavy atom. The number of likely N-dealkylation sites (tertiary alicyclic amines) is 1. The smallest absolute Gasteiger partial charge is 0.320 e. The Morgan fingerprint density at radius 2 is 1.69 bits per heavy atom. The second-order valence-electron chi connectivity index (χ2n) is 12.3. The van der Waals surface area contributed by atoms with Gasteiger partial charge >= 0.3 is 5.97 Å². The van der Waals surface area contributed by atoms with Crippen molar-refractivity contribution in [2.75, 3.05) is 19.6 Å². The predicted octanol–water partition coefficient (Wildman–Crippen LogP) is 6.94. The molecular formula is C38H37ClN4O5. The van der Waals surface area contributed by atoms with Crippen molar-refractivity contribution >= 4 is 23.5 Å². The first-order valence-corrected chi connectivity index (χ1v) is 16.5. The molecule has 0 saturated carbocycles. The Hall–Kier alpha value is -4.91. The normalized spacial score (nSPS) is 15.9. The molecule has 0 radical (unpaired) electrons. The molecule has 0 aliphatic carbocycles. The van der Waals surface area contributed by atoms with Crippen LogP contribution in [0.4, 0.5) is 0 Å². The minimum absolute atomic E-state index is 0.0652. The Kier molecular flexibility index (Phi) is 9.95. The van der Waals surface area contributed by atoms with Gasteiger partial charge in [0.15, 0.2) is 0 Å². The van der Waals surface area contributed by atoms with Gasteiger partial charge in [0.2, 0.25) is 0 Å². The van der Waals surface area contributed by atoms with Gasteiger partial charge in [-0.15, -0.1) is 0 Å². The summed E-state index contributed by atoms with van der Waals surface area (Å²) >= 11 is 6.81. The average Bonchev–Trinajstić information content (AvgIpc) is 3.94. The van der Waals surface area contributed by atoms with E-state index >= 15 is 0 Å². The zero-order valence-corrected chi connectivity index (χ0v) is 27.8. The van der Waals surface area contributed by atoms with Crippen molar-refractivity contribution in [1.82, 2.24) is 14.8 Å². The SMILES string of the molecule is Cc1c(COc2cc(OCc3cncc(C#N)c3)c(CN3CCCC[C@H]3C(=O)O)cc2Cl)cccc1-c1cccc(C(=O)N2CC2)c1C. The number of hydrogen-bond acceptors (Lipinski definition) is 7. The number of carboxylic acids is 1. The maximum atomic E-state index is 12.9. The summed E-state index contributed by atoms with van der Waals surface area (Å²) in [4.78, 5) is 32.8. The zero-order valence-electron chi connectivity index (χ0n) is 27.0. The molecule has 48 heavy (non-hydrogen) atoms. The molecule has 2 saturated heterocycles. The average molecular weight is 665 g/mol. The molecule has 1 aromatic heterocycles. The molecule has 0 bridgehead atoms. The summed E-state index contributed by atoms with van der Waals surface area (Å²) in [5.41, 5.74) is 7.61. The van der Waals surface area contributed by atoms with E-state index in [9.17, 15) is 20.0 Å². The van der Waals surface area contributed by atoms with Crippen LogP contribution in [0, 0.1) is 25.2 Å². The van der Waals surface area contributed by atoms with Crippen LogP contribution in [0.3, 0.4) is 0 Å². The fourth-order valence-electron chi connectivity index (χ4n) is 6.28. The molecule has 246 valence electrons. The second kappa shape index (κ2) is 14.5. The Morgan fingerprint density at radius 3 is 2.44 bits per heavy atom. The molecule has 1 N–H and O–H groups in total. The number of hydrogen-bond donors (Lipinski definition) is 1. The molecule has 1 atom stereocenters. The van der Waals surface area contributed by atoms with Gasteiger partial charge in [0, 0.05) is 54.8 Å². The van der Waals surface area contributed by atoms with E-state index in [0.29, 0.717) is 41.6 Å². The number of piperidine rings is 1. The van der Waals surface area contributed by atoms with E-state index < -0.39 is 12.0 Å². The van der Waals surface area contributed by atoms with E-state index in [1.807, 2.05) is 54.0 Å². The van der Waals surface area contributed by atoms with Gasteiger partial charge in [-0.25, -0.2) is 0 Å². The Bertz CT molecular complexity index is 1900. The summed E-state index contributed by atoms with van der Waals surface area (Å²) in [6.07, 6.45) is 5.51. The lowest BCUT2D eigenvalue weighted by Gasteiger charge is -2.33.